The lowest BCUT2D eigenvalue weighted by Gasteiger charge is -2.10. The highest BCUT2D eigenvalue weighted by molar-refractivity contribution is 9.10. The normalized spacial score (nSPS) is 11.8. The standard InChI is InChI=1S/C11H13BrF3N/c1-2-3-16-7-8-4-9(11(13,14)15)6-10(12)5-8/h4-6,16H,2-3,7H2,1H3. The average molecular weight is 296 g/mol. The number of hydrogen-bond donors (Lipinski definition) is 1. The van der Waals surface area contributed by atoms with Gasteiger partial charge in [-0.2, -0.15) is 13.2 Å². The molecule has 5 heteroatoms. The highest BCUT2D eigenvalue weighted by atomic mass is 79.9. The number of benzene rings is 1. The van der Waals surface area contributed by atoms with Gasteiger partial charge >= 0.3 is 6.18 Å². The van der Waals surface area contributed by atoms with Crippen LogP contribution in [0.4, 0.5) is 13.2 Å². The van der Waals surface area contributed by atoms with E-state index in [-0.39, 0.29) is 0 Å². The van der Waals surface area contributed by atoms with E-state index in [0.29, 0.717) is 16.6 Å². The monoisotopic (exact) mass is 295 g/mol. The minimum atomic E-state index is -4.29. The van der Waals surface area contributed by atoms with Crippen LogP contribution in [-0.4, -0.2) is 6.54 Å². The summed E-state index contributed by atoms with van der Waals surface area (Å²) in [6, 6.07) is 3.95. The maximum Gasteiger partial charge on any atom is 0.416 e. The van der Waals surface area contributed by atoms with Crippen molar-refractivity contribution in [2.45, 2.75) is 26.1 Å². The summed E-state index contributed by atoms with van der Waals surface area (Å²) in [5, 5.41) is 3.07. The van der Waals surface area contributed by atoms with Crippen LogP contribution < -0.4 is 5.32 Å². The Morgan fingerprint density at radius 2 is 1.94 bits per heavy atom. The first-order chi connectivity index (χ1) is 7.43. The van der Waals surface area contributed by atoms with Crippen molar-refractivity contribution in [3.05, 3.63) is 33.8 Å². The van der Waals surface area contributed by atoms with E-state index in [1.54, 1.807) is 6.07 Å². The first-order valence-electron chi connectivity index (χ1n) is 5.01. The Balaban J connectivity index is 2.82. The van der Waals surface area contributed by atoms with E-state index >= 15 is 0 Å². The highest BCUT2D eigenvalue weighted by Gasteiger charge is 2.30. The minimum Gasteiger partial charge on any atom is -0.313 e. The SMILES string of the molecule is CCCNCc1cc(Br)cc(C(F)(F)F)c1. The second-order valence-electron chi connectivity index (χ2n) is 3.52. The fraction of sp³-hybridized carbons (Fsp3) is 0.455. The zero-order chi connectivity index (χ0) is 12.2. The summed E-state index contributed by atoms with van der Waals surface area (Å²) in [4.78, 5) is 0. The molecular formula is C11H13BrF3N. The smallest absolute Gasteiger partial charge is 0.313 e. The van der Waals surface area contributed by atoms with E-state index in [9.17, 15) is 13.2 Å². The topological polar surface area (TPSA) is 12.0 Å². The maximum atomic E-state index is 12.5. The zero-order valence-corrected chi connectivity index (χ0v) is 10.5. The number of nitrogens with one attached hydrogen (secondary N) is 1. The second-order valence-corrected chi connectivity index (χ2v) is 4.44. The van der Waals surface area contributed by atoms with Crippen LogP contribution in [0.15, 0.2) is 22.7 Å². The maximum absolute atomic E-state index is 12.5. The molecule has 1 aromatic carbocycles. The van der Waals surface area contributed by atoms with Crippen molar-refractivity contribution in [2.75, 3.05) is 6.54 Å². The van der Waals surface area contributed by atoms with Gasteiger partial charge in [-0.25, -0.2) is 0 Å². The molecule has 0 fully saturated rings. The van der Waals surface area contributed by atoms with Crippen molar-refractivity contribution in [3.8, 4) is 0 Å². The van der Waals surface area contributed by atoms with Crippen molar-refractivity contribution in [1.29, 1.82) is 0 Å². The minimum absolute atomic E-state index is 0.454. The van der Waals surface area contributed by atoms with Crippen LogP contribution in [0.25, 0.3) is 0 Å². The van der Waals surface area contributed by atoms with Crippen molar-refractivity contribution >= 4 is 15.9 Å². The van der Waals surface area contributed by atoms with E-state index in [1.165, 1.54) is 6.07 Å². The molecule has 0 aliphatic heterocycles. The Labute approximate surface area is 101 Å². The van der Waals surface area contributed by atoms with Crippen LogP contribution in [0.2, 0.25) is 0 Å². The molecule has 0 unspecified atom stereocenters. The third-order valence-corrected chi connectivity index (χ3v) is 2.50. The largest absolute Gasteiger partial charge is 0.416 e. The van der Waals surface area contributed by atoms with Gasteiger partial charge in [-0.3, -0.25) is 0 Å². The Morgan fingerprint density at radius 1 is 1.25 bits per heavy atom. The number of hydrogen-bond acceptors (Lipinski definition) is 1. The van der Waals surface area contributed by atoms with E-state index in [1.807, 2.05) is 6.92 Å². The number of alkyl halides is 3. The quantitative estimate of drug-likeness (QED) is 0.829. The van der Waals surface area contributed by atoms with Gasteiger partial charge in [0.1, 0.15) is 0 Å². The van der Waals surface area contributed by atoms with Crippen molar-refractivity contribution < 1.29 is 13.2 Å². The first-order valence-corrected chi connectivity index (χ1v) is 5.80. The van der Waals surface area contributed by atoms with Gasteiger partial charge in [0.15, 0.2) is 0 Å². The molecule has 0 atom stereocenters. The number of halogens is 4. The van der Waals surface area contributed by atoms with Gasteiger partial charge in [-0.15, -0.1) is 0 Å². The molecule has 16 heavy (non-hydrogen) atoms. The lowest BCUT2D eigenvalue weighted by Crippen LogP contribution is -2.14. The molecule has 0 aromatic heterocycles. The van der Waals surface area contributed by atoms with E-state index in [2.05, 4.69) is 21.2 Å². The summed E-state index contributed by atoms with van der Waals surface area (Å²) in [6.45, 7) is 3.26. The second kappa shape index (κ2) is 5.68. The Kier molecular flexibility index (Phi) is 4.80. The van der Waals surface area contributed by atoms with Gasteiger partial charge in [0, 0.05) is 11.0 Å². The summed E-state index contributed by atoms with van der Waals surface area (Å²) < 4.78 is 37.9. The Morgan fingerprint density at radius 3 is 2.50 bits per heavy atom. The molecule has 0 heterocycles. The zero-order valence-electron chi connectivity index (χ0n) is 8.87. The molecule has 0 aliphatic rings. The van der Waals surface area contributed by atoms with Gasteiger partial charge in [-0.1, -0.05) is 22.9 Å². The average Bonchev–Trinajstić information content (AvgIpc) is 2.16. The highest BCUT2D eigenvalue weighted by Crippen LogP contribution is 2.31. The molecule has 1 aromatic rings. The van der Waals surface area contributed by atoms with Gasteiger partial charge in [0.2, 0.25) is 0 Å². The van der Waals surface area contributed by atoms with Crippen LogP contribution in [0.3, 0.4) is 0 Å². The van der Waals surface area contributed by atoms with Crippen LogP contribution in [0.1, 0.15) is 24.5 Å². The van der Waals surface area contributed by atoms with Gasteiger partial charge in [-0.05, 0) is 36.7 Å². The van der Waals surface area contributed by atoms with Gasteiger partial charge in [0.05, 0.1) is 5.56 Å². The molecule has 0 saturated heterocycles. The molecule has 1 rings (SSSR count). The van der Waals surface area contributed by atoms with Crippen LogP contribution in [0, 0.1) is 0 Å². The van der Waals surface area contributed by atoms with E-state index in [4.69, 9.17) is 0 Å². The van der Waals surface area contributed by atoms with Crippen molar-refractivity contribution in [1.82, 2.24) is 5.32 Å². The molecule has 0 saturated carbocycles. The molecule has 0 bridgehead atoms. The Hall–Kier alpha value is -0.550. The fourth-order valence-electron chi connectivity index (χ4n) is 1.33. The Bertz CT molecular complexity index is 350. The lowest BCUT2D eigenvalue weighted by atomic mass is 10.1. The molecule has 0 aliphatic carbocycles. The summed E-state index contributed by atoms with van der Waals surface area (Å²) >= 11 is 3.09. The van der Waals surface area contributed by atoms with Crippen LogP contribution in [0.5, 0.6) is 0 Å². The molecule has 1 N–H and O–H groups in total. The van der Waals surface area contributed by atoms with Crippen molar-refractivity contribution in [2.24, 2.45) is 0 Å². The summed E-state index contributed by atoms with van der Waals surface area (Å²) in [5.41, 5.74) is 0.0188. The summed E-state index contributed by atoms with van der Waals surface area (Å²) in [5.74, 6) is 0. The molecule has 0 radical (unpaired) electrons. The fourth-order valence-corrected chi connectivity index (χ4v) is 1.87. The van der Waals surface area contributed by atoms with Crippen molar-refractivity contribution in [3.63, 3.8) is 0 Å². The van der Waals surface area contributed by atoms with Crippen LogP contribution >= 0.6 is 15.9 Å². The molecule has 1 nitrogen and oxygen atoms in total. The molecule has 0 spiro atoms. The molecular weight excluding hydrogens is 283 g/mol. The predicted molar refractivity (Wildman–Crippen MR) is 61.1 cm³/mol. The van der Waals surface area contributed by atoms with Gasteiger partial charge < -0.3 is 5.32 Å². The third-order valence-electron chi connectivity index (χ3n) is 2.04. The van der Waals surface area contributed by atoms with E-state index < -0.39 is 11.7 Å². The van der Waals surface area contributed by atoms with E-state index in [0.717, 1.165) is 19.0 Å². The molecule has 0 amide bonds. The summed E-state index contributed by atoms with van der Waals surface area (Å²) in [6.07, 6.45) is -3.33. The molecule has 90 valence electrons. The predicted octanol–water partition coefficient (Wildman–Crippen LogP) is 3.97. The first kappa shape index (κ1) is 13.5. The lowest BCUT2D eigenvalue weighted by molar-refractivity contribution is -0.137. The van der Waals surface area contributed by atoms with Gasteiger partial charge in [0.25, 0.3) is 0 Å². The van der Waals surface area contributed by atoms with Crippen LogP contribution in [-0.2, 0) is 12.7 Å². The number of rotatable bonds is 4. The third kappa shape index (κ3) is 4.14. The summed E-state index contributed by atoms with van der Waals surface area (Å²) in [7, 11) is 0.